The normalized spacial score (nSPS) is 14.5. The Labute approximate surface area is 153 Å². The Balaban J connectivity index is 1.58. The maximum atomic E-state index is 12.6. The van der Waals surface area contributed by atoms with Crippen LogP contribution >= 0.6 is 11.6 Å². The van der Waals surface area contributed by atoms with Crippen molar-refractivity contribution >= 4 is 23.4 Å². The van der Waals surface area contributed by atoms with E-state index in [1.165, 1.54) is 0 Å². The second-order valence-electron chi connectivity index (χ2n) is 6.26. The molecule has 4 nitrogen and oxygen atoms in total. The molecule has 2 aromatic rings. The van der Waals surface area contributed by atoms with Crippen LogP contribution in [0.1, 0.15) is 21.5 Å². The molecule has 3 rings (SSSR count). The van der Waals surface area contributed by atoms with E-state index in [0.29, 0.717) is 37.6 Å². The van der Waals surface area contributed by atoms with Crippen LogP contribution in [-0.2, 0) is 11.2 Å². The van der Waals surface area contributed by atoms with Gasteiger partial charge in [-0.2, -0.15) is 0 Å². The molecule has 1 aliphatic rings. The molecular weight excluding hydrogens is 336 g/mol. The number of aryl methyl sites for hydroxylation is 1. The van der Waals surface area contributed by atoms with Gasteiger partial charge in [-0.1, -0.05) is 48.0 Å². The first-order valence-electron chi connectivity index (χ1n) is 8.42. The zero-order valence-corrected chi connectivity index (χ0v) is 15.0. The van der Waals surface area contributed by atoms with E-state index in [4.69, 9.17) is 11.6 Å². The largest absolute Gasteiger partial charge is 0.339 e. The van der Waals surface area contributed by atoms with E-state index in [2.05, 4.69) is 0 Å². The Morgan fingerprint density at radius 2 is 1.52 bits per heavy atom. The molecule has 0 spiro atoms. The van der Waals surface area contributed by atoms with Gasteiger partial charge in [-0.3, -0.25) is 9.59 Å². The number of hydrogen-bond acceptors (Lipinski definition) is 2. The van der Waals surface area contributed by atoms with Crippen molar-refractivity contribution in [1.82, 2.24) is 9.80 Å². The summed E-state index contributed by atoms with van der Waals surface area (Å²) in [6.45, 7) is 4.17. The molecule has 0 bridgehead atoms. The first-order chi connectivity index (χ1) is 12.1. The van der Waals surface area contributed by atoms with Crippen LogP contribution in [0.5, 0.6) is 0 Å². The Morgan fingerprint density at radius 1 is 0.920 bits per heavy atom. The summed E-state index contributed by atoms with van der Waals surface area (Å²) >= 11 is 6.13. The number of piperazine rings is 1. The molecule has 1 heterocycles. The summed E-state index contributed by atoms with van der Waals surface area (Å²) in [6, 6.07) is 15.0. The van der Waals surface area contributed by atoms with Gasteiger partial charge in [-0.15, -0.1) is 0 Å². The predicted molar refractivity (Wildman–Crippen MR) is 98.8 cm³/mol. The summed E-state index contributed by atoms with van der Waals surface area (Å²) in [5, 5.41) is 0.615. The molecule has 25 heavy (non-hydrogen) atoms. The summed E-state index contributed by atoms with van der Waals surface area (Å²) < 4.78 is 0. The maximum Gasteiger partial charge on any atom is 0.254 e. The number of amides is 2. The Morgan fingerprint density at radius 3 is 2.20 bits per heavy atom. The van der Waals surface area contributed by atoms with Gasteiger partial charge in [0.2, 0.25) is 5.91 Å². The molecule has 0 radical (unpaired) electrons. The lowest BCUT2D eigenvalue weighted by Crippen LogP contribution is -2.51. The quantitative estimate of drug-likeness (QED) is 0.847. The van der Waals surface area contributed by atoms with Gasteiger partial charge in [-0.05, 0) is 30.2 Å². The van der Waals surface area contributed by atoms with Crippen molar-refractivity contribution in [2.75, 3.05) is 26.2 Å². The van der Waals surface area contributed by atoms with Crippen LogP contribution in [0.15, 0.2) is 48.5 Å². The van der Waals surface area contributed by atoms with Crippen LogP contribution in [0.3, 0.4) is 0 Å². The SMILES string of the molecule is Cc1ccccc1C(=O)N1CCN(C(=O)Cc2ccccc2Cl)CC1. The van der Waals surface area contributed by atoms with Gasteiger partial charge >= 0.3 is 0 Å². The zero-order chi connectivity index (χ0) is 17.8. The van der Waals surface area contributed by atoms with Gasteiger partial charge in [0.1, 0.15) is 0 Å². The minimum absolute atomic E-state index is 0.0382. The molecule has 0 unspecified atom stereocenters. The van der Waals surface area contributed by atoms with Crippen LogP contribution in [-0.4, -0.2) is 47.8 Å². The highest BCUT2D eigenvalue weighted by molar-refractivity contribution is 6.31. The Hall–Kier alpha value is -2.33. The average molecular weight is 357 g/mol. The monoisotopic (exact) mass is 356 g/mol. The third-order valence-corrected chi connectivity index (χ3v) is 4.96. The van der Waals surface area contributed by atoms with Crippen molar-refractivity contribution in [3.05, 3.63) is 70.2 Å². The van der Waals surface area contributed by atoms with Gasteiger partial charge < -0.3 is 9.80 Å². The highest BCUT2D eigenvalue weighted by Crippen LogP contribution is 2.17. The number of carbonyl (C=O) groups excluding carboxylic acids is 2. The smallest absolute Gasteiger partial charge is 0.254 e. The van der Waals surface area contributed by atoms with Crippen molar-refractivity contribution in [3.63, 3.8) is 0 Å². The van der Waals surface area contributed by atoms with Gasteiger partial charge in [-0.25, -0.2) is 0 Å². The summed E-state index contributed by atoms with van der Waals surface area (Å²) in [6.07, 6.45) is 0.297. The number of halogens is 1. The summed E-state index contributed by atoms with van der Waals surface area (Å²) in [5.41, 5.74) is 2.55. The molecule has 2 aromatic carbocycles. The highest BCUT2D eigenvalue weighted by Gasteiger charge is 2.25. The minimum atomic E-state index is 0.0382. The highest BCUT2D eigenvalue weighted by atomic mass is 35.5. The fourth-order valence-corrected chi connectivity index (χ4v) is 3.26. The lowest BCUT2D eigenvalue weighted by atomic mass is 10.1. The molecule has 2 amide bonds. The molecular formula is C20H21ClN2O2. The molecule has 1 fully saturated rings. The molecule has 1 saturated heterocycles. The topological polar surface area (TPSA) is 40.6 Å². The van der Waals surface area contributed by atoms with E-state index in [1.807, 2.05) is 59.2 Å². The Kier molecular flexibility index (Phi) is 5.39. The van der Waals surface area contributed by atoms with E-state index >= 15 is 0 Å². The predicted octanol–water partition coefficient (Wildman–Crippen LogP) is 3.18. The lowest BCUT2D eigenvalue weighted by Gasteiger charge is -2.35. The molecule has 0 aromatic heterocycles. The molecule has 130 valence electrons. The Bertz CT molecular complexity index is 783. The van der Waals surface area contributed by atoms with E-state index in [0.717, 1.165) is 16.7 Å². The molecule has 0 aliphatic carbocycles. The van der Waals surface area contributed by atoms with Crippen LogP contribution in [0, 0.1) is 6.92 Å². The van der Waals surface area contributed by atoms with E-state index in [1.54, 1.807) is 6.07 Å². The first-order valence-corrected chi connectivity index (χ1v) is 8.80. The van der Waals surface area contributed by atoms with Gasteiger partial charge in [0.15, 0.2) is 0 Å². The standard InChI is InChI=1S/C20H21ClN2O2/c1-15-6-2-4-8-17(15)20(25)23-12-10-22(11-13-23)19(24)14-16-7-3-5-9-18(16)21/h2-9H,10-14H2,1H3. The van der Waals surface area contributed by atoms with Gasteiger partial charge in [0, 0.05) is 36.8 Å². The van der Waals surface area contributed by atoms with Crippen molar-refractivity contribution < 1.29 is 9.59 Å². The van der Waals surface area contributed by atoms with Crippen LogP contribution in [0.2, 0.25) is 5.02 Å². The number of carbonyl (C=O) groups is 2. The maximum absolute atomic E-state index is 12.6. The van der Waals surface area contributed by atoms with Crippen LogP contribution < -0.4 is 0 Å². The van der Waals surface area contributed by atoms with Crippen molar-refractivity contribution in [2.24, 2.45) is 0 Å². The van der Waals surface area contributed by atoms with E-state index < -0.39 is 0 Å². The molecule has 0 N–H and O–H groups in total. The lowest BCUT2D eigenvalue weighted by molar-refractivity contribution is -0.131. The third-order valence-electron chi connectivity index (χ3n) is 4.59. The fourth-order valence-electron chi connectivity index (χ4n) is 3.06. The third kappa shape index (κ3) is 4.02. The molecule has 5 heteroatoms. The molecule has 0 atom stereocenters. The second-order valence-corrected chi connectivity index (χ2v) is 6.66. The average Bonchev–Trinajstić information content (AvgIpc) is 2.63. The number of benzene rings is 2. The number of rotatable bonds is 3. The molecule has 0 saturated carbocycles. The van der Waals surface area contributed by atoms with Gasteiger partial charge in [0.25, 0.3) is 5.91 Å². The summed E-state index contributed by atoms with van der Waals surface area (Å²) in [7, 11) is 0. The zero-order valence-electron chi connectivity index (χ0n) is 14.2. The molecule has 1 aliphatic heterocycles. The first kappa shape index (κ1) is 17.5. The minimum Gasteiger partial charge on any atom is -0.339 e. The van der Waals surface area contributed by atoms with Crippen LogP contribution in [0.4, 0.5) is 0 Å². The van der Waals surface area contributed by atoms with Crippen molar-refractivity contribution in [2.45, 2.75) is 13.3 Å². The van der Waals surface area contributed by atoms with Crippen LogP contribution in [0.25, 0.3) is 0 Å². The van der Waals surface area contributed by atoms with Crippen molar-refractivity contribution in [3.8, 4) is 0 Å². The summed E-state index contributed by atoms with van der Waals surface area (Å²) in [5.74, 6) is 0.0902. The van der Waals surface area contributed by atoms with E-state index in [-0.39, 0.29) is 11.8 Å². The van der Waals surface area contributed by atoms with Crippen molar-refractivity contribution in [1.29, 1.82) is 0 Å². The van der Waals surface area contributed by atoms with E-state index in [9.17, 15) is 9.59 Å². The number of nitrogens with zero attached hydrogens (tertiary/aromatic N) is 2. The summed E-state index contributed by atoms with van der Waals surface area (Å²) in [4.78, 5) is 28.8. The number of hydrogen-bond donors (Lipinski definition) is 0. The fraction of sp³-hybridized carbons (Fsp3) is 0.300. The van der Waals surface area contributed by atoms with Gasteiger partial charge in [0.05, 0.1) is 6.42 Å². The second kappa shape index (κ2) is 7.70.